The fourth-order valence-electron chi connectivity index (χ4n) is 2.08. The molecule has 2 aromatic rings. The summed E-state index contributed by atoms with van der Waals surface area (Å²) in [6.45, 7) is 1.68. The molecule has 23 heavy (non-hydrogen) atoms. The topological polar surface area (TPSA) is 115 Å². The molecule has 0 radical (unpaired) electrons. The third kappa shape index (κ3) is 3.67. The first-order valence-electron chi connectivity index (χ1n) is 6.65. The van der Waals surface area contributed by atoms with E-state index in [9.17, 15) is 25.0 Å². The molecule has 0 fully saturated rings. The van der Waals surface area contributed by atoms with Crippen molar-refractivity contribution in [2.24, 2.45) is 0 Å². The van der Waals surface area contributed by atoms with E-state index in [-0.39, 0.29) is 23.5 Å². The highest BCUT2D eigenvalue weighted by atomic mass is 16.6. The Morgan fingerprint density at radius 1 is 1.04 bits per heavy atom. The standard InChI is InChI=1S/C15H13N3O5/c1-10-13(3-2-4-14(10)18(22)23)15(19)16-9-11-5-7-12(8-6-11)17(20)21/h2-8H,9H2,1H3,(H,16,19). The van der Waals surface area contributed by atoms with E-state index in [0.717, 1.165) is 0 Å². The van der Waals surface area contributed by atoms with Gasteiger partial charge in [0.1, 0.15) is 0 Å². The second kappa shape index (κ2) is 6.65. The number of benzene rings is 2. The van der Waals surface area contributed by atoms with E-state index >= 15 is 0 Å². The SMILES string of the molecule is Cc1c(C(=O)NCc2ccc([N+](=O)[O-])cc2)cccc1[N+](=O)[O-]. The average Bonchev–Trinajstić information content (AvgIpc) is 2.53. The van der Waals surface area contributed by atoms with Gasteiger partial charge in [-0.2, -0.15) is 0 Å². The lowest BCUT2D eigenvalue weighted by Crippen LogP contribution is -2.23. The molecule has 0 aliphatic carbocycles. The van der Waals surface area contributed by atoms with Gasteiger partial charge in [-0.3, -0.25) is 25.0 Å². The molecule has 0 spiro atoms. The van der Waals surface area contributed by atoms with Crippen LogP contribution in [0.15, 0.2) is 42.5 Å². The van der Waals surface area contributed by atoms with E-state index in [1.807, 2.05) is 0 Å². The van der Waals surface area contributed by atoms with Crippen LogP contribution >= 0.6 is 0 Å². The van der Waals surface area contributed by atoms with Crippen LogP contribution in [0.2, 0.25) is 0 Å². The zero-order valence-electron chi connectivity index (χ0n) is 12.2. The monoisotopic (exact) mass is 315 g/mol. The van der Waals surface area contributed by atoms with Gasteiger partial charge in [-0.25, -0.2) is 0 Å². The molecule has 2 rings (SSSR count). The number of hydrogen-bond acceptors (Lipinski definition) is 5. The van der Waals surface area contributed by atoms with Crippen LogP contribution in [0.1, 0.15) is 21.5 Å². The first-order valence-corrected chi connectivity index (χ1v) is 6.65. The Morgan fingerprint density at radius 3 is 2.26 bits per heavy atom. The van der Waals surface area contributed by atoms with Gasteiger partial charge < -0.3 is 5.32 Å². The third-order valence-electron chi connectivity index (χ3n) is 3.35. The summed E-state index contributed by atoms with van der Waals surface area (Å²) in [5.74, 6) is -0.440. The highest BCUT2D eigenvalue weighted by Crippen LogP contribution is 2.21. The van der Waals surface area contributed by atoms with Crippen LogP contribution in [-0.2, 0) is 6.54 Å². The Bertz CT molecular complexity index is 771. The van der Waals surface area contributed by atoms with Gasteiger partial charge in [-0.05, 0) is 18.6 Å². The molecule has 0 aliphatic rings. The Labute approximate surface area is 131 Å². The number of nitrogens with one attached hydrogen (secondary N) is 1. The zero-order valence-corrected chi connectivity index (χ0v) is 12.2. The summed E-state index contributed by atoms with van der Waals surface area (Å²) in [6.07, 6.45) is 0. The number of hydrogen-bond donors (Lipinski definition) is 1. The van der Waals surface area contributed by atoms with E-state index in [2.05, 4.69) is 5.32 Å². The van der Waals surface area contributed by atoms with Gasteiger partial charge in [0.25, 0.3) is 17.3 Å². The predicted octanol–water partition coefficient (Wildman–Crippen LogP) is 2.74. The molecule has 1 N–H and O–H groups in total. The van der Waals surface area contributed by atoms with Crippen LogP contribution in [0.25, 0.3) is 0 Å². The molecule has 0 unspecified atom stereocenters. The molecular formula is C15H13N3O5. The van der Waals surface area contributed by atoms with Crippen molar-refractivity contribution in [2.45, 2.75) is 13.5 Å². The Kier molecular flexibility index (Phi) is 4.65. The van der Waals surface area contributed by atoms with Crippen molar-refractivity contribution in [3.8, 4) is 0 Å². The fraction of sp³-hybridized carbons (Fsp3) is 0.133. The molecule has 0 bridgehead atoms. The molecule has 0 saturated heterocycles. The van der Waals surface area contributed by atoms with Crippen LogP contribution in [0.4, 0.5) is 11.4 Å². The molecular weight excluding hydrogens is 302 g/mol. The van der Waals surface area contributed by atoms with Crippen molar-refractivity contribution >= 4 is 17.3 Å². The highest BCUT2D eigenvalue weighted by Gasteiger charge is 2.17. The Hall–Kier alpha value is -3.29. The van der Waals surface area contributed by atoms with Crippen LogP contribution in [0.5, 0.6) is 0 Å². The lowest BCUT2D eigenvalue weighted by molar-refractivity contribution is -0.385. The number of nitro benzene ring substituents is 2. The summed E-state index contributed by atoms with van der Waals surface area (Å²) in [5, 5.41) is 24.1. The third-order valence-corrected chi connectivity index (χ3v) is 3.35. The lowest BCUT2D eigenvalue weighted by Gasteiger charge is -2.08. The normalized spacial score (nSPS) is 10.1. The molecule has 1 amide bonds. The molecule has 2 aromatic carbocycles. The van der Waals surface area contributed by atoms with Crippen LogP contribution in [0.3, 0.4) is 0 Å². The second-order valence-electron chi connectivity index (χ2n) is 4.81. The van der Waals surface area contributed by atoms with E-state index in [1.54, 1.807) is 12.1 Å². The minimum absolute atomic E-state index is 0.0328. The van der Waals surface area contributed by atoms with E-state index < -0.39 is 15.8 Å². The number of carbonyl (C=O) groups excluding carboxylic acids is 1. The molecule has 0 aromatic heterocycles. The van der Waals surface area contributed by atoms with Crippen LogP contribution in [0, 0.1) is 27.2 Å². The summed E-state index contributed by atoms with van der Waals surface area (Å²) in [6, 6.07) is 10.1. The van der Waals surface area contributed by atoms with Gasteiger partial charge in [0.2, 0.25) is 0 Å². The first-order chi connectivity index (χ1) is 10.9. The molecule has 0 heterocycles. The van der Waals surface area contributed by atoms with Gasteiger partial charge in [0.15, 0.2) is 0 Å². The van der Waals surface area contributed by atoms with Gasteiger partial charge in [0.05, 0.1) is 9.85 Å². The van der Waals surface area contributed by atoms with Crippen LogP contribution < -0.4 is 5.32 Å². The number of non-ortho nitro benzene ring substituents is 1. The first kappa shape index (κ1) is 16.1. The summed E-state index contributed by atoms with van der Waals surface area (Å²) in [4.78, 5) is 32.6. The van der Waals surface area contributed by atoms with Gasteiger partial charge in [-0.15, -0.1) is 0 Å². The van der Waals surface area contributed by atoms with Crippen molar-refractivity contribution < 1.29 is 14.6 Å². The molecule has 0 aliphatic heterocycles. The number of carbonyl (C=O) groups is 1. The lowest BCUT2D eigenvalue weighted by atomic mass is 10.1. The van der Waals surface area contributed by atoms with Crippen molar-refractivity contribution in [3.63, 3.8) is 0 Å². The summed E-state index contributed by atoms with van der Waals surface area (Å²) in [7, 11) is 0. The van der Waals surface area contributed by atoms with E-state index in [4.69, 9.17) is 0 Å². The van der Waals surface area contributed by atoms with Crippen molar-refractivity contribution in [2.75, 3.05) is 0 Å². The van der Waals surface area contributed by atoms with Gasteiger partial charge in [0, 0.05) is 35.9 Å². The van der Waals surface area contributed by atoms with Crippen molar-refractivity contribution in [1.82, 2.24) is 5.32 Å². The second-order valence-corrected chi connectivity index (χ2v) is 4.81. The number of rotatable bonds is 5. The van der Waals surface area contributed by atoms with Crippen molar-refractivity contribution in [3.05, 3.63) is 79.4 Å². The molecule has 0 atom stereocenters. The number of amides is 1. The molecule has 8 nitrogen and oxygen atoms in total. The van der Waals surface area contributed by atoms with E-state index in [1.165, 1.54) is 37.3 Å². The quantitative estimate of drug-likeness (QED) is 0.672. The predicted molar refractivity (Wildman–Crippen MR) is 82.1 cm³/mol. The minimum atomic E-state index is -0.539. The summed E-state index contributed by atoms with van der Waals surface area (Å²) in [5.41, 5.74) is 1.05. The number of nitrogens with zero attached hydrogens (tertiary/aromatic N) is 2. The Morgan fingerprint density at radius 2 is 1.70 bits per heavy atom. The van der Waals surface area contributed by atoms with Crippen molar-refractivity contribution in [1.29, 1.82) is 0 Å². The molecule has 0 saturated carbocycles. The largest absolute Gasteiger partial charge is 0.348 e. The maximum absolute atomic E-state index is 12.1. The highest BCUT2D eigenvalue weighted by molar-refractivity contribution is 5.96. The molecule has 118 valence electrons. The van der Waals surface area contributed by atoms with Gasteiger partial charge in [-0.1, -0.05) is 18.2 Å². The summed E-state index contributed by atoms with van der Waals surface area (Å²) >= 11 is 0. The number of nitro groups is 2. The zero-order chi connectivity index (χ0) is 17.0. The minimum Gasteiger partial charge on any atom is -0.348 e. The molecule has 8 heteroatoms. The average molecular weight is 315 g/mol. The fourth-order valence-corrected chi connectivity index (χ4v) is 2.08. The van der Waals surface area contributed by atoms with Crippen LogP contribution in [-0.4, -0.2) is 15.8 Å². The maximum Gasteiger partial charge on any atom is 0.273 e. The summed E-state index contributed by atoms with van der Waals surface area (Å²) < 4.78 is 0. The smallest absolute Gasteiger partial charge is 0.273 e. The van der Waals surface area contributed by atoms with Gasteiger partial charge >= 0.3 is 0 Å². The van der Waals surface area contributed by atoms with E-state index in [0.29, 0.717) is 11.1 Å². The Balaban J connectivity index is 2.09. The maximum atomic E-state index is 12.1.